The van der Waals surface area contributed by atoms with Crippen LogP contribution in [0.1, 0.15) is 41.7 Å². The van der Waals surface area contributed by atoms with E-state index in [2.05, 4.69) is 5.32 Å². The summed E-state index contributed by atoms with van der Waals surface area (Å²) in [4.78, 5) is 25.9. The van der Waals surface area contributed by atoms with Gasteiger partial charge >= 0.3 is 0 Å². The zero-order valence-corrected chi connectivity index (χ0v) is 15.6. The average molecular weight is 377 g/mol. The van der Waals surface area contributed by atoms with Gasteiger partial charge in [-0.05, 0) is 55.3 Å². The Labute approximate surface area is 158 Å². The van der Waals surface area contributed by atoms with E-state index in [1.807, 2.05) is 6.92 Å². The van der Waals surface area contributed by atoms with E-state index in [0.717, 1.165) is 5.56 Å². The molecule has 0 aliphatic heterocycles. The third kappa shape index (κ3) is 5.56. The molecule has 1 atom stereocenters. The van der Waals surface area contributed by atoms with Crippen molar-refractivity contribution in [3.63, 3.8) is 0 Å². The van der Waals surface area contributed by atoms with Gasteiger partial charge in [0.2, 0.25) is 5.91 Å². The molecule has 0 aromatic heterocycles. The molecule has 0 radical (unpaired) electrons. The molecule has 0 heterocycles. The van der Waals surface area contributed by atoms with Gasteiger partial charge in [0.25, 0.3) is 5.91 Å². The second kappa shape index (κ2) is 9.34. The Kier molecular flexibility index (Phi) is 7.16. The number of rotatable bonds is 7. The third-order valence-corrected chi connectivity index (χ3v) is 4.54. The van der Waals surface area contributed by atoms with E-state index in [-0.39, 0.29) is 23.7 Å². The lowest BCUT2D eigenvalue weighted by Crippen LogP contribution is -2.31. The van der Waals surface area contributed by atoms with Crippen LogP contribution in [-0.2, 0) is 4.79 Å². The number of benzene rings is 2. The van der Waals surface area contributed by atoms with Crippen LogP contribution in [-0.4, -0.2) is 30.3 Å². The fourth-order valence-corrected chi connectivity index (χ4v) is 2.63. The van der Waals surface area contributed by atoms with Crippen LogP contribution >= 0.6 is 11.6 Å². The van der Waals surface area contributed by atoms with Crippen molar-refractivity contribution in [3.05, 3.63) is 70.5 Å². The topological polar surface area (TPSA) is 49.4 Å². The standard InChI is InChI=1S/C20H22ClFN2O2/c1-14(15-7-11-18(22)12-8-15)24(2)19(25)4-3-13-23-20(26)16-5-9-17(21)10-6-16/h5-12,14H,3-4,13H2,1-2H3,(H,23,26)/t14-/m0/s1. The zero-order valence-electron chi connectivity index (χ0n) is 14.8. The lowest BCUT2D eigenvalue weighted by Gasteiger charge is -2.25. The molecule has 2 aromatic carbocycles. The van der Waals surface area contributed by atoms with Crippen LogP contribution in [0.15, 0.2) is 48.5 Å². The highest BCUT2D eigenvalue weighted by Gasteiger charge is 2.17. The Hall–Kier alpha value is -2.40. The molecule has 0 aliphatic rings. The smallest absolute Gasteiger partial charge is 0.251 e. The zero-order chi connectivity index (χ0) is 19.1. The molecule has 0 spiro atoms. The Morgan fingerprint density at radius 2 is 1.73 bits per heavy atom. The van der Waals surface area contributed by atoms with Crippen molar-refractivity contribution in [1.82, 2.24) is 10.2 Å². The molecule has 0 saturated heterocycles. The van der Waals surface area contributed by atoms with Crippen molar-refractivity contribution in [2.24, 2.45) is 0 Å². The summed E-state index contributed by atoms with van der Waals surface area (Å²) in [6.45, 7) is 2.30. The van der Waals surface area contributed by atoms with Crippen molar-refractivity contribution in [2.75, 3.05) is 13.6 Å². The molecule has 0 aliphatic carbocycles. The predicted molar refractivity (Wildman–Crippen MR) is 101 cm³/mol. The van der Waals surface area contributed by atoms with Crippen LogP contribution in [0.4, 0.5) is 4.39 Å². The normalized spacial score (nSPS) is 11.7. The summed E-state index contributed by atoms with van der Waals surface area (Å²) in [5.41, 5.74) is 1.40. The number of nitrogens with one attached hydrogen (secondary N) is 1. The predicted octanol–water partition coefficient (Wildman–Crippen LogP) is 4.21. The van der Waals surface area contributed by atoms with Gasteiger partial charge in [0.05, 0.1) is 6.04 Å². The molecular weight excluding hydrogens is 355 g/mol. The summed E-state index contributed by atoms with van der Waals surface area (Å²) in [6.07, 6.45) is 0.863. The third-order valence-electron chi connectivity index (χ3n) is 4.29. The highest BCUT2D eigenvalue weighted by atomic mass is 35.5. The minimum atomic E-state index is -0.300. The van der Waals surface area contributed by atoms with Crippen LogP contribution in [0, 0.1) is 5.82 Å². The quantitative estimate of drug-likeness (QED) is 0.736. The van der Waals surface area contributed by atoms with Crippen molar-refractivity contribution in [3.8, 4) is 0 Å². The minimum Gasteiger partial charge on any atom is -0.352 e. The lowest BCUT2D eigenvalue weighted by atomic mass is 10.1. The molecule has 2 rings (SSSR count). The maximum atomic E-state index is 13.0. The van der Waals surface area contributed by atoms with Crippen LogP contribution in [0.25, 0.3) is 0 Å². The highest BCUT2D eigenvalue weighted by Crippen LogP contribution is 2.20. The van der Waals surface area contributed by atoms with Crippen LogP contribution < -0.4 is 5.32 Å². The van der Waals surface area contributed by atoms with E-state index < -0.39 is 0 Å². The number of halogens is 2. The molecular formula is C20H22ClFN2O2. The molecule has 0 fully saturated rings. The van der Waals surface area contributed by atoms with Gasteiger partial charge in [-0.2, -0.15) is 0 Å². The van der Waals surface area contributed by atoms with Gasteiger partial charge in [0.1, 0.15) is 5.82 Å². The summed E-state index contributed by atoms with van der Waals surface area (Å²) < 4.78 is 13.0. The van der Waals surface area contributed by atoms with Gasteiger partial charge < -0.3 is 10.2 Å². The first-order valence-corrected chi connectivity index (χ1v) is 8.81. The summed E-state index contributed by atoms with van der Waals surface area (Å²) in [6, 6.07) is 12.6. The van der Waals surface area contributed by atoms with Gasteiger partial charge in [-0.25, -0.2) is 4.39 Å². The largest absolute Gasteiger partial charge is 0.352 e. The maximum absolute atomic E-state index is 13.0. The molecule has 4 nitrogen and oxygen atoms in total. The summed E-state index contributed by atoms with van der Waals surface area (Å²) in [5, 5.41) is 3.36. The molecule has 6 heteroatoms. The first-order valence-electron chi connectivity index (χ1n) is 8.43. The number of hydrogen-bond acceptors (Lipinski definition) is 2. The second-order valence-electron chi connectivity index (χ2n) is 6.10. The Bertz CT molecular complexity index is 747. The number of carbonyl (C=O) groups excluding carboxylic acids is 2. The molecule has 26 heavy (non-hydrogen) atoms. The van der Waals surface area contributed by atoms with Crippen LogP contribution in [0.2, 0.25) is 5.02 Å². The van der Waals surface area contributed by atoms with E-state index >= 15 is 0 Å². The van der Waals surface area contributed by atoms with Gasteiger partial charge in [0, 0.05) is 30.6 Å². The van der Waals surface area contributed by atoms with Crippen LogP contribution in [0.5, 0.6) is 0 Å². The fraction of sp³-hybridized carbons (Fsp3) is 0.300. The monoisotopic (exact) mass is 376 g/mol. The van der Waals surface area contributed by atoms with E-state index in [1.54, 1.807) is 48.3 Å². The maximum Gasteiger partial charge on any atom is 0.251 e. The van der Waals surface area contributed by atoms with Crippen molar-refractivity contribution in [1.29, 1.82) is 0 Å². The Morgan fingerprint density at radius 3 is 2.35 bits per heavy atom. The molecule has 138 valence electrons. The highest BCUT2D eigenvalue weighted by molar-refractivity contribution is 6.30. The van der Waals surface area contributed by atoms with Gasteiger partial charge in [-0.1, -0.05) is 23.7 Å². The number of hydrogen-bond donors (Lipinski definition) is 1. The number of amides is 2. The summed E-state index contributed by atoms with van der Waals surface area (Å²) in [7, 11) is 1.72. The van der Waals surface area contributed by atoms with Gasteiger partial charge in [-0.3, -0.25) is 9.59 Å². The van der Waals surface area contributed by atoms with Gasteiger partial charge in [0.15, 0.2) is 0 Å². The molecule has 0 saturated carbocycles. The second-order valence-corrected chi connectivity index (χ2v) is 6.53. The van der Waals surface area contributed by atoms with Crippen molar-refractivity contribution < 1.29 is 14.0 Å². The lowest BCUT2D eigenvalue weighted by molar-refractivity contribution is -0.131. The SMILES string of the molecule is C[C@@H](c1ccc(F)cc1)N(C)C(=O)CCCNC(=O)c1ccc(Cl)cc1. The molecule has 1 N–H and O–H groups in total. The van der Waals surface area contributed by atoms with E-state index in [0.29, 0.717) is 30.0 Å². The number of carbonyl (C=O) groups is 2. The molecule has 0 bridgehead atoms. The molecule has 2 aromatic rings. The van der Waals surface area contributed by atoms with Crippen molar-refractivity contribution >= 4 is 23.4 Å². The fourth-order valence-electron chi connectivity index (χ4n) is 2.50. The van der Waals surface area contributed by atoms with Gasteiger partial charge in [-0.15, -0.1) is 0 Å². The Morgan fingerprint density at radius 1 is 1.12 bits per heavy atom. The van der Waals surface area contributed by atoms with Crippen molar-refractivity contribution in [2.45, 2.75) is 25.8 Å². The van der Waals surface area contributed by atoms with E-state index in [9.17, 15) is 14.0 Å². The minimum absolute atomic E-state index is 0.0254. The van der Waals surface area contributed by atoms with E-state index in [4.69, 9.17) is 11.6 Å². The first kappa shape index (κ1) is 19.9. The summed E-state index contributed by atoms with van der Waals surface area (Å²) in [5.74, 6) is -0.518. The van der Waals surface area contributed by atoms with E-state index in [1.165, 1.54) is 12.1 Å². The molecule has 2 amide bonds. The average Bonchev–Trinajstić information content (AvgIpc) is 2.64. The van der Waals surface area contributed by atoms with Crippen LogP contribution in [0.3, 0.4) is 0 Å². The Balaban J connectivity index is 1.76. The first-order chi connectivity index (χ1) is 12.4. The summed E-state index contributed by atoms with van der Waals surface area (Å²) >= 11 is 5.79. The molecule has 0 unspecified atom stereocenters. The number of nitrogens with zero attached hydrogens (tertiary/aromatic N) is 1.